The standard InChI is InChI=1S/C31H35B2NO7.C3H9N/c1-22-28-16-13-26(33(38)39)21-30(28)41-29(31(22)24-9-11-25(12-10-24)32(36)37)6-4-5-23-7-14-27(15-8-23)40-20-18-34-17-2-3-19-35;1-4(2)3/h2-3,7-16,19,21,29,34,36-39H,4-6,17-18,20H2,1H3;1-3H3/b3-2+;. The second-order valence-corrected chi connectivity index (χ2v) is 11.3. The molecule has 5 N–H and O–H groups in total. The highest BCUT2D eigenvalue weighted by atomic mass is 16.5. The Kier molecular flexibility index (Phi) is 14.6. The van der Waals surface area contributed by atoms with E-state index < -0.39 is 14.2 Å². The van der Waals surface area contributed by atoms with Gasteiger partial charge in [0.05, 0.1) is 0 Å². The molecular weight excluding hydrogens is 570 g/mol. The van der Waals surface area contributed by atoms with Crippen molar-refractivity contribution in [3.8, 4) is 11.5 Å². The van der Waals surface area contributed by atoms with E-state index in [0.717, 1.165) is 53.6 Å². The zero-order valence-electron chi connectivity index (χ0n) is 26.5. The van der Waals surface area contributed by atoms with Crippen LogP contribution in [-0.2, 0) is 11.2 Å². The predicted octanol–water partition coefficient (Wildman–Crippen LogP) is 1.66. The molecule has 45 heavy (non-hydrogen) atoms. The van der Waals surface area contributed by atoms with Crippen LogP contribution < -0.4 is 25.7 Å². The van der Waals surface area contributed by atoms with Crippen molar-refractivity contribution in [2.75, 3.05) is 40.8 Å². The first-order valence-electron chi connectivity index (χ1n) is 15.1. The second kappa shape index (κ2) is 18.3. The van der Waals surface area contributed by atoms with Gasteiger partial charge in [-0.1, -0.05) is 54.6 Å². The maximum atomic E-state index is 10.3. The molecule has 3 aromatic carbocycles. The third kappa shape index (κ3) is 11.3. The Morgan fingerprint density at radius 3 is 2.20 bits per heavy atom. The number of aldehydes is 1. The summed E-state index contributed by atoms with van der Waals surface area (Å²) in [5.41, 5.74) is 5.83. The third-order valence-electron chi connectivity index (χ3n) is 7.10. The number of carbonyl (C=O) groups is 1. The molecule has 0 amide bonds. The van der Waals surface area contributed by atoms with Crippen LogP contribution in [0.2, 0.25) is 0 Å². The minimum atomic E-state index is -1.58. The van der Waals surface area contributed by atoms with Crippen LogP contribution >= 0.6 is 0 Å². The molecule has 0 radical (unpaired) electrons. The summed E-state index contributed by atoms with van der Waals surface area (Å²) < 4.78 is 12.2. The Hall–Kier alpha value is -3.70. The summed E-state index contributed by atoms with van der Waals surface area (Å²) >= 11 is 0. The lowest BCUT2D eigenvalue weighted by molar-refractivity contribution is -0.104. The third-order valence-corrected chi connectivity index (χ3v) is 7.10. The number of rotatable bonds is 14. The normalized spacial score (nSPS) is 14.0. The van der Waals surface area contributed by atoms with Gasteiger partial charge in [0.2, 0.25) is 0 Å². The van der Waals surface area contributed by atoms with E-state index in [0.29, 0.717) is 36.4 Å². The van der Waals surface area contributed by atoms with Gasteiger partial charge in [0.1, 0.15) is 30.5 Å². The van der Waals surface area contributed by atoms with E-state index in [1.54, 1.807) is 30.3 Å². The monoisotopic (exact) mass is 614 g/mol. The summed E-state index contributed by atoms with van der Waals surface area (Å²) in [5.74, 6) is 1.41. The summed E-state index contributed by atoms with van der Waals surface area (Å²) in [6, 6.07) is 20.4. The molecule has 0 bridgehead atoms. The fourth-order valence-corrected chi connectivity index (χ4v) is 4.94. The maximum absolute atomic E-state index is 10.3. The molecule has 9 nitrogen and oxygen atoms in total. The molecule has 3 aromatic rings. The van der Waals surface area contributed by atoms with Crippen molar-refractivity contribution in [2.45, 2.75) is 32.3 Å². The number of ether oxygens (including phenoxy) is 2. The van der Waals surface area contributed by atoms with E-state index in [-0.39, 0.29) is 6.10 Å². The largest absolute Gasteiger partial charge is 0.492 e. The fraction of sp³-hybridized carbons (Fsp3) is 0.324. The SMILES string of the molecule is CC1=C(c2ccc(B(O)O)cc2)C(CCCc2ccc(OCCNC/C=C/C=O)cc2)Oc2cc(B(O)O)ccc21.CN(C)C. The molecule has 0 saturated heterocycles. The van der Waals surface area contributed by atoms with Crippen LogP contribution in [0.4, 0.5) is 0 Å². The molecule has 1 aliphatic rings. The van der Waals surface area contributed by atoms with E-state index in [4.69, 9.17) is 9.47 Å². The van der Waals surface area contributed by atoms with Crippen LogP contribution in [0.15, 0.2) is 78.9 Å². The molecular formula is C34H44B2N2O7. The Balaban J connectivity index is 0.00000130. The van der Waals surface area contributed by atoms with Crippen molar-refractivity contribution in [1.29, 1.82) is 0 Å². The molecule has 4 rings (SSSR count). The number of nitrogens with one attached hydrogen (secondary N) is 1. The van der Waals surface area contributed by atoms with Crippen molar-refractivity contribution in [3.63, 3.8) is 0 Å². The van der Waals surface area contributed by atoms with E-state index in [1.807, 2.05) is 63.3 Å². The number of hydrogen-bond acceptors (Lipinski definition) is 9. The molecule has 0 aliphatic carbocycles. The van der Waals surface area contributed by atoms with Crippen LogP contribution in [0, 0.1) is 0 Å². The van der Waals surface area contributed by atoms with Crippen molar-refractivity contribution >= 4 is 42.6 Å². The van der Waals surface area contributed by atoms with E-state index in [1.165, 1.54) is 11.6 Å². The molecule has 1 heterocycles. The van der Waals surface area contributed by atoms with Gasteiger partial charge in [-0.25, -0.2) is 0 Å². The lowest BCUT2D eigenvalue weighted by atomic mass is 9.77. The molecule has 1 unspecified atom stereocenters. The quantitative estimate of drug-likeness (QED) is 0.0797. The van der Waals surface area contributed by atoms with Crippen molar-refractivity contribution in [1.82, 2.24) is 10.2 Å². The number of fused-ring (bicyclic) bond motifs is 1. The summed E-state index contributed by atoms with van der Waals surface area (Å²) in [5, 5.41) is 41.5. The van der Waals surface area contributed by atoms with E-state index in [9.17, 15) is 24.9 Å². The first-order chi connectivity index (χ1) is 21.6. The number of hydrogen-bond donors (Lipinski definition) is 5. The number of nitrogens with zero attached hydrogens (tertiary/aromatic N) is 1. The second-order valence-electron chi connectivity index (χ2n) is 11.3. The van der Waals surface area contributed by atoms with Gasteiger partial charge in [0.25, 0.3) is 0 Å². The smallest absolute Gasteiger partial charge is 0.488 e. The fourth-order valence-electron chi connectivity index (χ4n) is 4.94. The highest BCUT2D eigenvalue weighted by molar-refractivity contribution is 6.59. The molecule has 0 spiro atoms. The van der Waals surface area contributed by atoms with E-state index >= 15 is 0 Å². The predicted molar refractivity (Wildman–Crippen MR) is 182 cm³/mol. The highest BCUT2D eigenvalue weighted by Gasteiger charge is 2.29. The summed E-state index contributed by atoms with van der Waals surface area (Å²) in [7, 11) is 2.88. The van der Waals surface area contributed by atoms with E-state index in [2.05, 4.69) is 17.4 Å². The molecule has 1 aliphatic heterocycles. The Morgan fingerprint density at radius 2 is 1.58 bits per heavy atom. The molecule has 0 aromatic heterocycles. The van der Waals surface area contributed by atoms with Crippen molar-refractivity contribution < 1.29 is 34.4 Å². The van der Waals surface area contributed by atoms with Crippen LogP contribution in [-0.4, -0.2) is 92.5 Å². The summed E-state index contributed by atoms with van der Waals surface area (Å²) in [6.45, 7) is 3.85. The lowest BCUT2D eigenvalue weighted by Gasteiger charge is -2.31. The minimum absolute atomic E-state index is 0.269. The van der Waals surface area contributed by atoms with Crippen molar-refractivity contribution in [3.05, 3.63) is 95.6 Å². The van der Waals surface area contributed by atoms with Gasteiger partial charge < -0.3 is 39.8 Å². The first-order valence-corrected chi connectivity index (χ1v) is 15.1. The molecule has 0 saturated carbocycles. The van der Waals surface area contributed by atoms with Crippen LogP contribution in [0.1, 0.15) is 36.5 Å². The first kappa shape index (κ1) is 35.8. The Bertz CT molecular complexity index is 1410. The molecule has 1 atom stereocenters. The minimum Gasteiger partial charge on any atom is -0.492 e. The zero-order chi connectivity index (χ0) is 32.8. The summed E-state index contributed by atoms with van der Waals surface area (Å²) in [6.07, 6.45) is 6.12. The zero-order valence-corrected chi connectivity index (χ0v) is 26.5. The number of carbonyl (C=O) groups excluding carboxylic acids is 1. The molecule has 0 fully saturated rings. The Morgan fingerprint density at radius 1 is 0.933 bits per heavy atom. The summed E-state index contributed by atoms with van der Waals surface area (Å²) in [4.78, 5) is 12.3. The van der Waals surface area contributed by atoms with Crippen molar-refractivity contribution in [2.24, 2.45) is 0 Å². The van der Waals surface area contributed by atoms with Gasteiger partial charge in [-0.3, -0.25) is 4.79 Å². The number of aryl methyl sites for hydroxylation is 1. The van der Waals surface area contributed by atoms with Gasteiger partial charge >= 0.3 is 14.2 Å². The molecule has 238 valence electrons. The average Bonchev–Trinajstić information content (AvgIpc) is 3.01. The van der Waals surface area contributed by atoms with Crippen LogP contribution in [0.5, 0.6) is 11.5 Å². The van der Waals surface area contributed by atoms with Crippen LogP contribution in [0.25, 0.3) is 11.1 Å². The number of benzene rings is 3. The van der Waals surface area contributed by atoms with Gasteiger partial charge in [-0.05, 0) is 99.2 Å². The van der Waals surface area contributed by atoms with Gasteiger partial charge in [-0.2, -0.15) is 0 Å². The highest BCUT2D eigenvalue weighted by Crippen LogP contribution is 2.41. The topological polar surface area (TPSA) is 132 Å². The van der Waals surface area contributed by atoms with Crippen LogP contribution in [0.3, 0.4) is 0 Å². The lowest BCUT2D eigenvalue weighted by Crippen LogP contribution is -2.32. The average molecular weight is 614 g/mol. The van der Waals surface area contributed by atoms with Gasteiger partial charge in [-0.15, -0.1) is 0 Å². The van der Waals surface area contributed by atoms with Gasteiger partial charge in [0.15, 0.2) is 0 Å². The number of allylic oxidation sites excluding steroid dienone is 2. The van der Waals surface area contributed by atoms with Gasteiger partial charge in [0, 0.05) is 24.2 Å². The maximum Gasteiger partial charge on any atom is 0.488 e. The molecule has 11 heteroatoms. The Labute approximate surface area is 267 Å².